The largest absolute Gasteiger partial charge is 0.468 e. The summed E-state index contributed by atoms with van der Waals surface area (Å²) in [6.45, 7) is 20.4. The molecule has 0 bridgehead atoms. The molecule has 7 unspecified atom stereocenters. The van der Waals surface area contributed by atoms with Gasteiger partial charge in [0.1, 0.15) is 0 Å². The first-order valence-electron chi connectivity index (χ1n) is 15.2. The summed E-state index contributed by atoms with van der Waals surface area (Å²) in [5.74, 6) is 1.52. The first-order chi connectivity index (χ1) is 17.2. The Morgan fingerprint density at radius 1 is 0.892 bits per heavy atom. The average molecular weight is 515 g/mol. The topological polar surface area (TPSA) is 63.6 Å². The highest BCUT2D eigenvalue weighted by Gasteiger charge is 2.71. The third-order valence-electron chi connectivity index (χ3n) is 13.0. The highest BCUT2D eigenvalue weighted by atomic mass is 16.5. The lowest BCUT2D eigenvalue weighted by Gasteiger charge is -2.72. The second-order valence-corrected chi connectivity index (χ2v) is 14.6. The SMILES string of the molecule is CC.COC(=O)C12CC[C@]3(C)C(CCC4C5(C)CCC(O)C(C)(C)C5CCC43C)C1=C(C(C)C)C(=O)C2. The van der Waals surface area contributed by atoms with Crippen LogP contribution in [-0.2, 0) is 14.3 Å². The zero-order valence-electron chi connectivity index (χ0n) is 25.4. The molecule has 4 fully saturated rings. The molecule has 5 rings (SSSR count). The van der Waals surface area contributed by atoms with Crippen molar-refractivity contribution in [2.75, 3.05) is 7.11 Å². The van der Waals surface area contributed by atoms with Crippen LogP contribution < -0.4 is 0 Å². The molecule has 4 nitrogen and oxygen atoms in total. The number of hydrogen-bond acceptors (Lipinski definition) is 4. The van der Waals surface area contributed by atoms with Crippen molar-refractivity contribution in [1.29, 1.82) is 0 Å². The van der Waals surface area contributed by atoms with Crippen molar-refractivity contribution in [2.45, 2.75) is 126 Å². The smallest absolute Gasteiger partial charge is 0.316 e. The molecule has 1 N–H and O–H groups in total. The molecule has 5 aliphatic rings. The van der Waals surface area contributed by atoms with E-state index in [2.05, 4.69) is 48.5 Å². The second-order valence-electron chi connectivity index (χ2n) is 14.6. The van der Waals surface area contributed by atoms with Crippen LogP contribution in [0.15, 0.2) is 11.1 Å². The minimum Gasteiger partial charge on any atom is -0.468 e. The van der Waals surface area contributed by atoms with E-state index in [0.717, 1.165) is 50.5 Å². The number of esters is 1. The van der Waals surface area contributed by atoms with E-state index in [1.807, 2.05) is 13.8 Å². The number of fused-ring (bicyclic) bond motifs is 7. The standard InChI is InChI=1S/C31H48O4.C2H6/c1-18(2)24-20(32)17-31(26(34)35-8)16-15-29(6)19(25(24)31)9-10-22-28(5)13-12-23(33)27(3,4)21(28)11-14-30(22,29)7;1-2/h18-19,21-23,33H,9-17H2,1-8H3;1-2H3/t19?,21?,22?,23?,28?,29-,30?,31?;/m1./s1. The van der Waals surface area contributed by atoms with Crippen molar-refractivity contribution in [2.24, 2.45) is 50.7 Å². The number of rotatable bonds is 2. The van der Waals surface area contributed by atoms with E-state index in [4.69, 9.17) is 4.74 Å². The fourth-order valence-electron chi connectivity index (χ4n) is 11.0. The first kappa shape index (κ1) is 28.8. The third kappa shape index (κ3) is 3.55. The number of methoxy groups -OCH3 is 1. The number of ketones is 1. The van der Waals surface area contributed by atoms with Crippen molar-refractivity contribution >= 4 is 11.8 Å². The number of ether oxygens (including phenoxy) is 1. The van der Waals surface area contributed by atoms with Crippen LogP contribution in [0, 0.1) is 50.7 Å². The summed E-state index contributed by atoms with van der Waals surface area (Å²) >= 11 is 0. The molecule has 4 heteroatoms. The first-order valence-corrected chi connectivity index (χ1v) is 15.2. The molecule has 4 saturated carbocycles. The van der Waals surface area contributed by atoms with Crippen LogP contribution in [0.5, 0.6) is 0 Å². The van der Waals surface area contributed by atoms with Crippen molar-refractivity contribution in [3.05, 3.63) is 11.1 Å². The van der Waals surface area contributed by atoms with Crippen molar-refractivity contribution < 1.29 is 19.4 Å². The summed E-state index contributed by atoms with van der Waals surface area (Å²) in [5, 5.41) is 10.9. The molecule has 0 amide bonds. The summed E-state index contributed by atoms with van der Waals surface area (Å²) in [4.78, 5) is 26.7. The third-order valence-corrected chi connectivity index (χ3v) is 13.0. The summed E-state index contributed by atoms with van der Waals surface area (Å²) < 4.78 is 5.39. The maximum atomic E-state index is 13.4. The van der Waals surface area contributed by atoms with Crippen LogP contribution in [0.1, 0.15) is 120 Å². The Hall–Kier alpha value is -1.16. The molecular formula is C33H54O4. The Kier molecular flexibility index (Phi) is 7.17. The predicted molar refractivity (Wildman–Crippen MR) is 149 cm³/mol. The number of aliphatic hydroxyl groups excluding tert-OH is 1. The second kappa shape index (κ2) is 9.20. The number of aliphatic hydroxyl groups is 1. The van der Waals surface area contributed by atoms with Crippen molar-refractivity contribution in [1.82, 2.24) is 0 Å². The van der Waals surface area contributed by atoms with Gasteiger partial charge in [0.05, 0.1) is 18.6 Å². The molecule has 0 spiro atoms. The fraction of sp³-hybridized carbons (Fsp3) is 0.879. The number of Topliss-reactive ketones (excluding diaryl/α,β-unsaturated/α-hetero) is 1. The summed E-state index contributed by atoms with van der Waals surface area (Å²) in [6.07, 6.45) is 8.35. The molecule has 0 aliphatic heterocycles. The summed E-state index contributed by atoms with van der Waals surface area (Å²) in [5.41, 5.74) is 1.76. The molecule has 0 saturated heterocycles. The highest BCUT2D eigenvalue weighted by molar-refractivity contribution is 6.05. The summed E-state index contributed by atoms with van der Waals surface area (Å²) in [6, 6.07) is 0. The zero-order chi connectivity index (χ0) is 27.8. The van der Waals surface area contributed by atoms with Crippen LogP contribution in [0.2, 0.25) is 0 Å². The predicted octanol–water partition coefficient (Wildman–Crippen LogP) is 7.53. The molecule has 37 heavy (non-hydrogen) atoms. The van der Waals surface area contributed by atoms with E-state index in [9.17, 15) is 14.7 Å². The van der Waals surface area contributed by atoms with Crippen LogP contribution in [0.25, 0.3) is 0 Å². The van der Waals surface area contributed by atoms with Gasteiger partial charge in [-0.15, -0.1) is 0 Å². The van der Waals surface area contributed by atoms with Crippen molar-refractivity contribution in [3.8, 4) is 0 Å². The minimum absolute atomic E-state index is 0.0517. The van der Waals surface area contributed by atoms with Gasteiger partial charge in [0.25, 0.3) is 0 Å². The van der Waals surface area contributed by atoms with E-state index in [0.29, 0.717) is 18.3 Å². The normalized spacial score (nSPS) is 46.2. The average Bonchev–Trinajstić information content (AvgIpc) is 3.16. The molecule has 0 aromatic rings. The Labute approximate surface area is 226 Å². The van der Waals surface area contributed by atoms with Gasteiger partial charge in [-0.05, 0) is 108 Å². The van der Waals surface area contributed by atoms with Gasteiger partial charge in [-0.2, -0.15) is 0 Å². The molecule has 0 heterocycles. The quantitative estimate of drug-likeness (QED) is 0.387. The van der Waals surface area contributed by atoms with Gasteiger partial charge in [-0.25, -0.2) is 0 Å². The molecule has 5 aliphatic carbocycles. The highest BCUT2D eigenvalue weighted by Crippen LogP contribution is 2.76. The van der Waals surface area contributed by atoms with E-state index < -0.39 is 5.41 Å². The monoisotopic (exact) mass is 514 g/mol. The van der Waals surface area contributed by atoms with E-state index in [1.54, 1.807) is 0 Å². The van der Waals surface area contributed by atoms with Crippen LogP contribution in [0.3, 0.4) is 0 Å². The number of carbonyl (C=O) groups is 2. The Morgan fingerprint density at radius 3 is 2.14 bits per heavy atom. The molecular weight excluding hydrogens is 460 g/mol. The van der Waals surface area contributed by atoms with Gasteiger partial charge in [-0.3, -0.25) is 9.59 Å². The van der Waals surface area contributed by atoms with E-state index in [-0.39, 0.29) is 51.4 Å². The number of hydrogen-bond donors (Lipinski definition) is 1. The Bertz CT molecular complexity index is 977. The van der Waals surface area contributed by atoms with Crippen molar-refractivity contribution in [3.63, 3.8) is 0 Å². The minimum atomic E-state index is -0.739. The molecule has 0 aromatic heterocycles. The number of allylic oxidation sites excluding steroid dienone is 1. The molecule has 0 aromatic carbocycles. The van der Waals surface area contributed by atoms with Gasteiger partial charge in [0.2, 0.25) is 0 Å². The van der Waals surface area contributed by atoms with Crippen LogP contribution in [-0.4, -0.2) is 30.1 Å². The van der Waals surface area contributed by atoms with Gasteiger partial charge in [0, 0.05) is 6.42 Å². The lowest BCUT2D eigenvalue weighted by Crippen LogP contribution is -2.65. The maximum absolute atomic E-state index is 13.4. The Balaban J connectivity index is 0.00000156. The fourth-order valence-corrected chi connectivity index (χ4v) is 11.0. The van der Waals surface area contributed by atoms with E-state index >= 15 is 0 Å². The zero-order valence-corrected chi connectivity index (χ0v) is 25.4. The van der Waals surface area contributed by atoms with Gasteiger partial charge >= 0.3 is 5.97 Å². The van der Waals surface area contributed by atoms with Crippen LogP contribution >= 0.6 is 0 Å². The maximum Gasteiger partial charge on any atom is 0.316 e. The van der Waals surface area contributed by atoms with Gasteiger partial charge in [-0.1, -0.05) is 62.3 Å². The summed E-state index contributed by atoms with van der Waals surface area (Å²) in [7, 11) is 1.49. The molecule has 0 radical (unpaired) electrons. The van der Waals surface area contributed by atoms with Gasteiger partial charge < -0.3 is 9.84 Å². The number of carbonyl (C=O) groups excluding carboxylic acids is 2. The Morgan fingerprint density at radius 2 is 1.54 bits per heavy atom. The van der Waals surface area contributed by atoms with E-state index in [1.165, 1.54) is 19.1 Å². The molecule has 8 atom stereocenters. The van der Waals surface area contributed by atoms with Gasteiger partial charge in [0.15, 0.2) is 5.78 Å². The lowest BCUT2D eigenvalue weighted by molar-refractivity contribution is -0.229. The van der Waals surface area contributed by atoms with Crippen LogP contribution in [0.4, 0.5) is 0 Å². The lowest BCUT2D eigenvalue weighted by atomic mass is 9.33. The molecule has 210 valence electrons.